The van der Waals surface area contributed by atoms with Gasteiger partial charge in [-0.25, -0.2) is 0 Å². The van der Waals surface area contributed by atoms with Gasteiger partial charge in [-0.15, -0.1) is 0 Å². The van der Waals surface area contributed by atoms with Crippen molar-refractivity contribution in [3.63, 3.8) is 0 Å². The molecule has 2 nitrogen and oxygen atoms in total. The zero-order chi connectivity index (χ0) is 21.8. The highest BCUT2D eigenvalue weighted by Crippen LogP contribution is 2.41. The van der Waals surface area contributed by atoms with Crippen molar-refractivity contribution >= 4 is 21.8 Å². The van der Waals surface area contributed by atoms with Gasteiger partial charge in [0.05, 0.1) is 5.56 Å². The molecule has 5 rings (SSSR count). The zero-order valence-corrected chi connectivity index (χ0v) is 17.1. The third-order valence-electron chi connectivity index (χ3n) is 6.08. The van der Waals surface area contributed by atoms with Gasteiger partial charge in [0.15, 0.2) is 0 Å². The summed E-state index contributed by atoms with van der Waals surface area (Å²) in [6, 6.07) is 17.7. The molecule has 3 aromatic carbocycles. The number of aryl methyl sites for hydroxylation is 2. The molecule has 2 heterocycles. The monoisotopic (exact) mass is 418 g/mol. The van der Waals surface area contributed by atoms with Gasteiger partial charge in [-0.2, -0.15) is 13.2 Å². The first kappa shape index (κ1) is 19.5. The number of nitrogens with one attached hydrogen (secondary N) is 2. The summed E-state index contributed by atoms with van der Waals surface area (Å²) >= 11 is 0. The van der Waals surface area contributed by atoms with Crippen LogP contribution in [0.5, 0.6) is 0 Å². The van der Waals surface area contributed by atoms with E-state index >= 15 is 0 Å². The first-order valence-corrected chi connectivity index (χ1v) is 10.1. The van der Waals surface area contributed by atoms with Crippen molar-refractivity contribution in [2.45, 2.75) is 25.9 Å². The van der Waals surface area contributed by atoms with Crippen LogP contribution in [0.2, 0.25) is 0 Å². The quantitative estimate of drug-likeness (QED) is 0.305. The van der Waals surface area contributed by atoms with Crippen LogP contribution in [-0.4, -0.2) is 9.97 Å². The molecule has 0 saturated heterocycles. The van der Waals surface area contributed by atoms with Crippen LogP contribution in [0, 0.1) is 13.8 Å². The lowest BCUT2D eigenvalue weighted by molar-refractivity contribution is -0.137. The van der Waals surface area contributed by atoms with Crippen molar-refractivity contribution in [3.05, 3.63) is 106 Å². The molecule has 2 N–H and O–H groups in total. The summed E-state index contributed by atoms with van der Waals surface area (Å²) in [6.07, 6.45) is -0.392. The summed E-state index contributed by atoms with van der Waals surface area (Å²) in [5.41, 5.74) is 6.58. The normalized spacial score (nSPS) is 12.3. The smallest absolute Gasteiger partial charge is 0.361 e. The molecule has 0 saturated carbocycles. The molecule has 0 amide bonds. The molecule has 0 aliphatic heterocycles. The maximum atomic E-state index is 13.2. The van der Waals surface area contributed by atoms with Gasteiger partial charge < -0.3 is 9.97 Å². The highest BCUT2D eigenvalue weighted by atomic mass is 19.4. The number of fused-ring (bicyclic) bond motifs is 2. The topological polar surface area (TPSA) is 31.6 Å². The second kappa shape index (κ2) is 7.05. The minimum atomic E-state index is -4.36. The highest BCUT2D eigenvalue weighted by molar-refractivity contribution is 5.92. The maximum Gasteiger partial charge on any atom is 0.416 e. The van der Waals surface area contributed by atoms with Crippen LogP contribution in [0.3, 0.4) is 0 Å². The van der Waals surface area contributed by atoms with Crippen LogP contribution >= 0.6 is 0 Å². The Balaban J connectivity index is 1.79. The van der Waals surface area contributed by atoms with Gasteiger partial charge in [-0.3, -0.25) is 0 Å². The SMILES string of the molecule is Cc1cccc2[nH]cc(C(c3ccc(C(F)(F)F)cc3)c3c[nH]c4cccc(C)c34)c12. The number of H-pyrrole nitrogens is 2. The Morgan fingerprint density at radius 3 is 1.61 bits per heavy atom. The van der Waals surface area contributed by atoms with E-state index in [1.54, 1.807) is 12.1 Å². The van der Waals surface area contributed by atoms with E-state index in [9.17, 15) is 13.2 Å². The van der Waals surface area contributed by atoms with Gasteiger partial charge in [-0.1, -0.05) is 36.4 Å². The van der Waals surface area contributed by atoms with Crippen LogP contribution in [0.4, 0.5) is 13.2 Å². The summed E-state index contributed by atoms with van der Waals surface area (Å²) < 4.78 is 39.5. The van der Waals surface area contributed by atoms with Gasteiger partial charge in [0.2, 0.25) is 0 Å². The van der Waals surface area contributed by atoms with Gasteiger partial charge in [0.1, 0.15) is 0 Å². The van der Waals surface area contributed by atoms with Crippen LogP contribution in [-0.2, 0) is 6.18 Å². The fourth-order valence-corrected chi connectivity index (χ4v) is 4.64. The number of rotatable bonds is 3. The lowest BCUT2D eigenvalue weighted by atomic mass is 9.83. The molecule has 156 valence electrons. The van der Waals surface area contributed by atoms with Crippen LogP contribution < -0.4 is 0 Å². The van der Waals surface area contributed by atoms with E-state index in [1.807, 2.05) is 36.7 Å². The summed E-state index contributed by atoms with van der Waals surface area (Å²) in [5.74, 6) is -0.216. The molecule has 0 atom stereocenters. The maximum absolute atomic E-state index is 13.2. The molecule has 2 aromatic heterocycles. The van der Waals surface area contributed by atoms with Crippen molar-refractivity contribution < 1.29 is 13.2 Å². The van der Waals surface area contributed by atoms with E-state index in [4.69, 9.17) is 0 Å². The molecule has 0 unspecified atom stereocenters. The summed E-state index contributed by atoms with van der Waals surface area (Å²) in [7, 11) is 0. The van der Waals surface area contributed by atoms with Crippen LogP contribution in [0.15, 0.2) is 73.1 Å². The van der Waals surface area contributed by atoms with E-state index in [0.29, 0.717) is 0 Å². The van der Waals surface area contributed by atoms with Gasteiger partial charge in [0.25, 0.3) is 0 Å². The summed E-state index contributed by atoms with van der Waals surface area (Å²) in [4.78, 5) is 6.70. The second-order valence-corrected chi connectivity index (χ2v) is 8.04. The first-order valence-electron chi connectivity index (χ1n) is 10.1. The number of hydrogen-bond acceptors (Lipinski definition) is 0. The summed E-state index contributed by atoms with van der Waals surface area (Å²) in [6.45, 7) is 4.12. The largest absolute Gasteiger partial charge is 0.416 e. The Kier molecular flexibility index (Phi) is 4.43. The van der Waals surface area contributed by atoms with Crippen molar-refractivity contribution in [1.82, 2.24) is 9.97 Å². The molecule has 31 heavy (non-hydrogen) atoms. The molecule has 0 spiro atoms. The zero-order valence-electron chi connectivity index (χ0n) is 17.1. The van der Waals surface area contributed by atoms with Gasteiger partial charge in [0, 0.05) is 40.1 Å². The third kappa shape index (κ3) is 3.21. The fraction of sp³-hybridized carbons (Fsp3) is 0.154. The van der Waals surface area contributed by atoms with E-state index in [0.717, 1.165) is 49.6 Å². The third-order valence-corrected chi connectivity index (χ3v) is 6.08. The van der Waals surface area contributed by atoms with Crippen molar-refractivity contribution in [3.8, 4) is 0 Å². The lowest BCUT2D eigenvalue weighted by Crippen LogP contribution is -2.07. The van der Waals surface area contributed by atoms with Crippen molar-refractivity contribution in [2.24, 2.45) is 0 Å². The number of benzene rings is 3. The molecule has 0 bridgehead atoms. The molecule has 5 heteroatoms. The Bertz CT molecular complexity index is 1310. The van der Waals surface area contributed by atoms with Crippen LogP contribution in [0.1, 0.15) is 39.3 Å². The van der Waals surface area contributed by atoms with Crippen molar-refractivity contribution in [1.29, 1.82) is 0 Å². The van der Waals surface area contributed by atoms with E-state index in [-0.39, 0.29) is 5.92 Å². The average Bonchev–Trinajstić information content (AvgIpc) is 3.35. The Hall–Kier alpha value is -3.47. The van der Waals surface area contributed by atoms with Crippen molar-refractivity contribution in [2.75, 3.05) is 0 Å². The van der Waals surface area contributed by atoms with Gasteiger partial charge in [-0.05, 0) is 65.9 Å². The Morgan fingerprint density at radius 1 is 0.677 bits per heavy atom. The molecule has 0 radical (unpaired) electrons. The minimum Gasteiger partial charge on any atom is -0.361 e. The van der Waals surface area contributed by atoms with E-state index < -0.39 is 11.7 Å². The Labute approximate surface area is 177 Å². The average molecular weight is 418 g/mol. The summed E-state index contributed by atoms with van der Waals surface area (Å²) in [5, 5.41) is 2.21. The first-order chi connectivity index (χ1) is 14.8. The van der Waals surface area contributed by atoms with Gasteiger partial charge >= 0.3 is 6.18 Å². The molecule has 0 aliphatic rings. The molecule has 0 fully saturated rings. The van der Waals surface area contributed by atoms with E-state index in [2.05, 4.69) is 35.9 Å². The van der Waals surface area contributed by atoms with Crippen LogP contribution in [0.25, 0.3) is 21.8 Å². The predicted octanol–water partition coefficient (Wildman–Crippen LogP) is 7.47. The Morgan fingerprint density at radius 2 is 1.16 bits per heavy atom. The highest BCUT2D eigenvalue weighted by Gasteiger charge is 2.31. The number of hydrogen-bond donors (Lipinski definition) is 2. The molecule has 0 aliphatic carbocycles. The lowest BCUT2D eigenvalue weighted by Gasteiger charge is -2.19. The number of aromatic nitrogens is 2. The minimum absolute atomic E-state index is 0.216. The predicted molar refractivity (Wildman–Crippen MR) is 118 cm³/mol. The fourth-order valence-electron chi connectivity index (χ4n) is 4.64. The molecular weight excluding hydrogens is 397 g/mol. The second-order valence-electron chi connectivity index (χ2n) is 8.04. The number of aromatic amines is 2. The number of halogens is 3. The standard InChI is InChI=1S/C26H21F3N2/c1-15-5-3-7-21-23(15)19(13-30-21)25(17-9-11-18(12-10-17)26(27,28)29)20-14-31-22-8-4-6-16(2)24(20)22/h3-14,25,30-31H,1-2H3. The van der Waals surface area contributed by atoms with E-state index in [1.165, 1.54) is 12.1 Å². The molecular formula is C26H21F3N2. The number of alkyl halides is 3. The molecule has 5 aromatic rings.